The molecule has 48 heavy (non-hydrogen) atoms. The van der Waals surface area contributed by atoms with Gasteiger partial charge in [-0.05, 0) is 58.1 Å². The summed E-state index contributed by atoms with van der Waals surface area (Å²) in [6, 6.07) is 68.0. The van der Waals surface area contributed by atoms with Crippen molar-refractivity contribution in [3.8, 4) is 33.4 Å². The first-order valence-corrected chi connectivity index (χ1v) is 17.2. The summed E-state index contributed by atoms with van der Waals surface area (Å²) in [6.45, 7) is 0. The number of benzene rings is 8. The van der Waals surface area contributed by atoms with Gasteiger partial charge in [-0.1, -0.05) is 158 Å². The molecule has 0 aliphatic heterocycles. The molecule has 0 unspecified atom stereocenters. The second kappa shape index (κ2) is 12.0. The van der Waals surface area contributed by atoms with Crippen molar-refractivity contribution in [2.75, 3.05) is 4.90 Å². The van der Waals surface area contributed by atoms with Crippen molar-refractivity contribution in [1.82, 2.24) is 0 Å². The smallest absolute Gasteiger partial charge is 0.0547 e. The van der Waals surface area contributed by atoms with E-state index in [1.807, 2.05) is 11.3 Å². The van der Waals surface area contributed by atoms with Gasteiger partial charge in [-0.3, -0.25) is 0 Å². The van der Waals surface area contributed by atoms with Crippen LogP contribution < -0.4 is 4.90 Å². The van der Waals surface area contributed by atoms with Crippen LogP contribution in [0.4, 0.5) is 17.1 Å². The van der Waals surface area contributed by atoms with Crippen LogP contribution in [0, 0.1) is 0 Å². The molecule has 226 valence electrons. The maximum absolute atomic E-state index is 2.46. The van der Waals surface area contributed by atoms with Crippen molar-refractivity contribution in [3.05, 3.63) is 188 Å². The van der Waals surface area contributed by atoms with Gasteiger partial charge in [0.25, 0.3) is 0 Å². The maximum Gasteiger partial charge on any atom is 0.0547 e. The fourth-order valence-electron chi connectivity index (χ4n) is 7.04. The molecule has 8 aromatic carbocycles. The zero-order valence-corrected chi connectivity index (χ0v) is 27.1. The van der Waals surface area contributed by atoms with Crippen molar-refractivity contribution in [3.63, 3.8) is 0 Å². The minimum atomic E-state index is 1.12. The number of anilines is 3. The average Bonchev–Trinajstić information content (AvgIpc) is 3.56. The minimum absolute atomic E-state index is 1.12. The summed E-state index contributed by atoms with van der Waals surface area (Å²) in [5, 5.41) is 5.11. The highest BCUT2D eigenvalue weighted by molar-refractivity contribution is 7.26. The summed E-state index contributed by atoms with van der Waals surface area (Å²) < 4.78 is 2.63. The van der Waals surface area contributed by atoms with Gasteiger partial charge in [-0.2, -0.15) is 0 Å². The van der Waals surface area contributed by atoms with Crippen molar-refractivity contribution >= 4 is 59.3 Å². The Bertz CT molecular complexity index is 2530. The number of hydrogen-bond acceptors (Lipinski definition) is 2. The number of nitrogens with zero attached hydrogens (tertiary/aromatic N) is 1. The lowest BCUT2D eigenvalue weighted by Gasteiger charge is -2.29. The van der Waals surface area contributed by atoms with Gasteiger partial charge in [0.05, 0.1) is 11.4 Å². The Labute approximate surface area is 284 Å². The van der Waals surface area contributed by atoms with Gasteiger partial charge in [-0.15, -0.1) is 11.3 Å². The van der Waals surface area contributed by atoms with Crippen LogP contribution in [0.15, 0.2) is 188 Å². The fourth-order valence-corrected chi connectivity index (χ4v) is 8.29. The first kappa shape index (κ1) is 28.3. The molecule has 0 saturated heterocycles. The summed E-state index contributed by atoms with van der Waals surface area (Å²) in [4.78, 5) is 2.46. The Balaban J connectivity index is 1.31. The van der Waals surface area contributed by atoms with Crippen LogP contribution in [0.5, 0.6) is 0 Å². The molecule has 0 aliphatic rings. The van der Waals surface area contributed by atoms with Gasteiger partial charge in [0.2, 0.25) is 0 Å². The standard InChI is InChI=1S/C46H31NS/c1-4-15-32(16-5-1)33-27-29-35(30-28-33)37-21-12-13-25-42(37)47(36-19-8-3-9-20-36)43-31-41-45-38(34-17-6-2-7-18-34)24-14-26-44(45)48-46(41)40-23-11-10-22-39(40)43/h1-31H. The van der Waals surface area contributed by atoms with Crippen molar-refractivity contribution in [2.24, 2.45) is 0 Å². The quantitative estimate of drug-likeness (QED) is 0.177. The van der Waals surface area contributed by atoms with Crippen molar-refractivity contribution < 1.29 is 0 Å². The van der Waals surface area contributed by atoms with E-state index in [2.05, 4.69) is 193 Å². The summed E-state index contributed by atoms with van der Waals surface area (Å²) >= 11 is 1.89. The molecule has 9 rings (SSSR count). The predicted molar refractivity (Wildman–Crippen MR) is 208 cm³/mol. The van der Waals surface area contributed by atoms with E-state index in [-0.39, 0.29) is 0 Å². The van der Waals surface area contributed by atoms with Crippen LogP contribution >= 0.6 is 11.3 Å². The van der Waals surface area contributed by atoms with Crippen molar-refractivity contribution in [1.29, 1.82) is 0 Å². The highest BCUT2D eigenvalue weighted by atomic mass is 32.1. The molecule has 2 heteroatoms. The Kier molecular flexibility index (Phi) is 7.07. The van der Waals surface area contributed by atoms with Crippen LogP contribution in [-0.2, 0) is 0 Å². The first-order valence-electron chi connectivity index (χ1n) is 16.4. The molecular weight excluding hydrogens is 599 g/mol. The first-order chi connectivity index (χ1) is 23.8. The molecule has 1 heterocycles. The van der Waals surface area contributed by atoms with Crippen LogP contribution in [0.2, 0.25) is 0 Å². The van der Waals surface area contributed by atoms with E-state index in [1.54, 1.807) is 0 Å². The molecule has 0 radical (unpaired) electrons. The van der Waals surface area contributed by atoms with Gasteiger partial charge < -0.3 is 4.90 Å². The monoisotopic (exact) mass is 629 g/mol. The lowest BCUT2D eigenvalue weighted by Crippen LogP contribution is -2.11. The van der Waals surface area contributed by atoms with E-state index in [9.17, 15) is 0 Å². The number of thiophene rings is 1. The molecule has 0 N–H and O–H groups in total. The van der Waals surface area contributed by atoms with E-state index < -0.39 is 0 Å². The van der Waals surface area contributed by atoms with Gasteiger partial charge in [-0.25, -0.2) is 0 Å². The Morgan fingerprint density at radius 2 is 0.896 bits per heavy atom. The summed E-state index contributed by atoms with van der Waals surface area (Å²) in [5.41, 5.74) is 10.7. The van der Waals surface area contributed by atoms with Gasteiger partial charge in [0.15, 0.2) is 0 Å². The molecule has 0 fully saturated rings. The second-order valence-electron chi connectivity index (χ2n) is 12.1. The average molecular weight is 630 g/mol. The van der Waals surface area contributed by atoms with Crippen molar-refractivity contribution in [2.45, 2.75) is 0 Å². The molecule has 0 amide bonds. The van der Waals surface area contributed by atoms with Crippen LogP contribution in [0.25, 0.3) is 64.3 Å². The molecule has 1 nitrogen and oxygen atoms in total. The van der Waals surface area contributed by atoms with Gasteiger partial charge >= 0.3 is 0 Å². The van der Waals surface area contributed by atoms with Crippen LogP contribution in [-0.4, -0.2) is 0 Å². The van der Waals surface area contributed by atoms with E-state index >= 15 is 0 Å². The molecule has 1 aromatic heterocycles. The topological polar surface area (TPSA) is 3.24 Å². The van der Waals surface area contributed by atoms with E-state index in [4.69, 9.17) is 0 Å². The number of para-hydroxylation sites is 2. The summed E-state index contributed by atoms with van der Waals surface area (Å²) in [6.07, 6.45) is 0. The Hall–Kier alpha value is -5.96. The number of rotatable bonds is 6. The second-order valence-corrected chi connectivity index (χ2v) is 13.1. The SMILES string of the molecule is c1ccc(-c2ccc(-c3ccccc3N(c3ccccc3)c3cc4c(sc5cccc(-c6ccccc6)c54)c4ccccc34)cc2)cc1. The van der Waals surface area contributed by atoms with Gasteiger partial charge in [0, 0.05) is 42.2 Å². The zero-order valence-electron chi connectivity index (χ0n) is 26.3. The summed E-state index contributed by atoms with van der Waals surface area (Å²) in [7, 11) is 0. The zero-order chi connectivity index (χ0) is 31.9. The predicted octanol–water partition coefficient (Wildman–Crippen LogP) is 13.7. The number of hydrogen-bond donors (Lipinski definition) is 0. The third-order valence-corrected chi connectivity index (χ3v) is 10.5. The Morgan fingerprint density at radius 3 is 1.65 bits per heavy atom. The lowest BCUT2D eigenvalue weighted by molar-refractivity contribution is 1.30. The lowest BCUT2D eigenvalue weighted by atomic mass is 9.96. The minimum Gasteiger partial charge on any atom is -0.309 e. The molecule has 0 saturated carbocycles. The highest BCUT2D eigenvalue weighted by Crippen LogP contribution is 2.49. The molecule has 0 bridgehead atoms. The molecular formula is C46H31NS. The third-order valence-electron chi connectivity index (χ3n) is 9.27. The fraction of sp³-hybridized carbons (Fsp3) is 0. The molecule has 0 atom stereocenters. The van der Waals surface area contributed by atoms with Crippen LogP contribution in [0.3, 0.4) is 0 Å². The van der Waals surface area contributed by atoms with E-state index in [0.717, 1.165) is 11.4 Å². The normalized spacial score (nSPS) is 11.3. The highest BCUT2D eigenvalue weighted by Gasteiger charge is 2.22. The Morgan fingerprint density at radius 1 is 0.354 bits per heavy atom. The maximum atomic E-state index is 2.46. The van der Waals surface area contributed by atoms with E-state index in [0.29, 0.717) is 0 Å². The largest absolute Gasteiger partial charge is 0.309 e. The molecule has 0 spiro atoms. The van der Waals surface area contributed by atoms with E-state index in [1.165, 1.54) is 70.0 Å². The third kappa shape index (κ3) is 4.86. The van der Waals surface area contributed by atoms with Gasteiger partial charge in [0.1, 0.15) is 0 Å². The van der Waals surface area contributed by atoms with Crippen LogP contribution in [0.1, 0.15) is 0 Å². The summed E-state index contributed by atoms with van der Waals surface area (Å²) in [5.74, 6) is 0. The number of fused-ring (bicyclic) bond motifs is 5. The molecule has 9 aromatic rings. The molecule has 0 aliphatic carbocycles.